The molecular formula is C16H16N4O3S. The highest BCUT2D eigenvalue weighted by molar-refractivity contribution is 7.94. The van der Waals surface area contributed by atoms with Gasteiger partial charge in [-0.2, -0.15) is 0 Å². The lowest BCUT2D eigenvalue weighted by Gasteiger charge is -2.08. The van der Waals surface area contributed by atoms with Crippen molar-refractivity contribution in [2.75, 3.05) is 11.9 Å². The number of carbonyl (C=O) groups excluding carboxylic acids is 1. The van der Waals surface area contributed by atoms with Crippen LogP contribution in [-0.2, 0) is 10.0 Å². The smallest absolute Gasteiger partial charge is 0.274 e. The zero-order chi connectivity index (χ0) is 17.3. The minimum Gasteiger partial charge on any atom is -0.319 e. The molecule has 8 heteroatoms. The maximum Gasteiger partial charge on any atom is 0.274 e. The van der Waals surface area contributed by atoms with Crippen molar-refractivity contribution in [1.29, 1.82) is 0 Å². The summed E-state index contributed by atoms with van der Waals surface area (Å²) in [6.45, 7) is 3.82. The van der Waals surface area contributed by atoms with Crippen LogP contribution in [0.1, 0.15) is 24.3 Å². The third-order valence-corrected chi connectivity index (χ3v) is 5.57. The fraction of sp³-hybridized carbons (Fsp3) is 0.188. The molecule has 0 radical (unpaired) electrons. The first-order valence-corrected chi connectivity index (χ1v) is 8.71. The lowest BCUT2D eigenvalue weighted by molar-refractivity contribution is 0.102. The number of aliphatic imine (C=N–C) groups is 1. The Hall–Kier alpha value is -2.74. The van der Waals surface area contributed by atoms with Gasteiger partial charge in [0.05, 0.1) is 17.9 Å². The quantitative estimate of drug-likeness (QED) is 0.919. The number of anilines is 1. The van der Waals surface area contributed by atoms with Crippen LogP contribution in [0.15, 0.2) is 58.3 Å². The van der Waals surface area contributed by atoms with E-state index >= 15 is 0 Å². The van der Waals surface area contributed by atoms with E-state index < -0.39 is 15.9 Å². The van der Waals surface area contributed by atoms with E-state index in [1.165, 1.54) is 24.7 Å². The second-order valence-electron chi connectivity index (χ2n) is 5.42. The number of carbonyl (C=O) groups is 1. The van der Waals surface area contributed by atoms with Crippen LogP contribution < -0.4 is 5.32 Å². The molecule has 7 nitrogen and oxygen atoms in total. The Labute approximate surface area is 139 Å². The van der Waals surface area contributed by atoms with Crippen LogP contribution in [0.5, 0.6) is 0 Å². The van der Waals surface area contributed by atoms with Gasteiger partial charge in [-0.25, -0.2) is 12.4 Å². The lowest BCUT2D eigenvalue weighted by Crippen LogP contribution is -2.18. The predicted molar refractivity (Wildman–Crippen MR) is 91.6 cm³/mol. The molecule has 1 N–H and O–H groups in total. The summed E-state index contributed by atoms with van der Waals surface area (Å²) in [5, 5.41) is 2.63. The number of hydrogen-bond acceptors (Lipinski definition) is 5. The SMILES string of the molecule is CC1=NCC(C)=C1S(=O)(=O)n1ccc(NC(=O)c2ccccn2)c1. The third-order valence-electron chi connectivity index (χ3n) is 3.63. The van der Waals surface area contributed by atoms with Gasteiger partial charge in [-0.3, -0.25) is 14.8 Å². The summed E-state index contributed by atoms with van der Waals surface area (Å²) in [6, 6.07) is 6.52. The summed E-state index contributed by atoms with van der Waals surface area (Å²) in [7, 11) is -3.72. The van der Waals surface area contributed by atoms with E-state index in [1.54, 1.807) is 32.0 Å². The van der Waals surface area contributed by atoms with E-state index in [1.807, 2.05) is 0 Å². The molecule has 1 amide bonds. The molecule has 2 aromatic rings. The highest BCUT2D eigenvalue weighted by Gasteiger charge is 2.28. The van der Waals surface area contributed by atoms with Crippen molar-refractivity contribution < 1.29 is 13.2 Å². The molecule has 0 aliphatic carbocycles. The highest BCUT2D eigenvalue weighted by Crippen LogP contribution is 2.24. The number of pyridine rings is 1. The zero-order valence-corrected chi connectivity index (χ0v) is 14.0. The van der Waals surface area contributed by atoms with Gasteiger partial charge in [0, 0.05) is 18.6 Å². The van der Waals surface area contributed by atoms with E-state index in [4.69, 9.17) is 0 Å². The summed E-state index contributed by atoms with van der Waals surface area (Å²) in [4.78, 5) is 20.4. The Bertz CT molecular complexity index is 956. The molecule has 0 bridgehead atoms. The van der Waals surface area contributed by atoms with Gasteiger partial charge in [0.2, 0.25) is 0 Å². The van der Waals surface area contributed by atoms with Crippen LogP contribution in [-0.4, -0.2) is 35.5 Å². The van der Waals surface area contributed by atoms with Crippen molar-refractivity contribution in [3.63, 3.8) is 0 Å². The van der Waals surface area contributed by atoms with Gasteiger partial charge in [0.25, 0.3) is 15.9 Å². The molecule has 1 aliphatic rings. The van der Waals surface area contributed by atoms with Crippen LogP contribution >= 0.6 is 0 Å². The fourth-order valence-corrected chi connectivity index (χ4v) is 4.12. The summed E-state index contributed by atoms with van der Waals surface area (Å²) in [6.07, 6.45) is 4.28. The Morgan fingerprint density at radius 1 is 1.25 bits per heavy atom. The molecule has 3 rings (SSSR count). The Kier molecular flexibility index (Phi) is 4.06. The van der Waals surface area contributed by atoms with Crippen molar-refractivity contribution in [2.24, 2.45) is 4.99 Å². The Morgan fingerprint density at radius 2 is 2.04 bits per heavy atom. The molecule has 24 heavy (non-hydrogen) atoms. The van der Waals surface area contributed by atoms with Gasteiger partial charge in [-0.15, -0.1) is 0 Å². The van der Waals surface area contributed by atoms with Crippen LogP contribution in [0.2, 0.25) is 0 Å². The molecule has 0 aromatic carbocycles. The van der Waals surface area contributed by atoms with Crippen molar-refractivity contribution in [2.45, 2.75) is 13.8 Å². The van der Waals surface area contributed by atoms with Crippen molar-refractivity contribution >= 4 is 27.3 Å². The minimum atomic E-state index is -3.72. The van der Waals surface area contributed by atoms with Gasteiger partial charge in [-0.05, 0) is 37.6 Å². The number of rotatable bonds is 4. The number of allylic oxidation sites excluding steroid dienone is 1. The van der Waals surface area contributed by atoms with E-state index in [-0.39, 0.29) is 10.6 Å². The highest BCUT2D eigenvalue weighted by atomic mass is 32.2. The first kappa shape index (κ1) is 16.1. The Balaban J connectivity index is 1.85. The standard InChI is InChI=1S/C16H16N4O3S/c1-11-9-18-12(2)15(11)24(22,23)20-8-6-13(10-20)19-16(21)14-5-3-4-7-17-14/h3-8,10H,9H2,1-2H3,(H,19,21). The van der Waals surface area contributed by atoms with Crippen LogP contribution in [0.25, 0.3) is 0 Å². The number of nitrogens with one attached hydrogen (secondary N) is 1. The summed E-state index contributed by atoms with van der Waals surface area (Å²) in [5.41, 5.74) is 1.84. The van der Waals surface area contributed by atoms with Crippen molar-refractivity contribution in [3.05, 3.63) is 59.0 Å². The molecule has 0 unspecified atom stereocenters. The average Bonchev–Trinajstić information content (AvgIpc) is 3.15. The van der Waals surface area contributed by atoms with Crippen LogP contribution in [0.3, 0.4) is 0 Å². The first-order valence-electron chi connectivity index (χ1n) is 7.27. The molecule has 124 valence electrons. The fourth-order valence-electron chi connectivity index (χ4n) is 2.49. The summed E-state index contributed by atoms with van der Waals surface area (Å²) < 4.78 is 26.5. The van der Waals surface area contributed by atoms with Crippen LogP contribution in [0.4, 0.5) is 5.69 Å². The van der Waals surface area contributed by atoms with Gasteiger partial charge < -0.3 is 5.32 Å². The molecule has 2 aromatic heterocycles. The third kappa shape index (κ3) is 2.88. The van der Waals surface area contributed by atoms with Gasteiger partial charge in [0.1, 0.15) is 10.6 Å². The lowest BCUT2D eigenvalue weighted by atomic mass is 10.3. The normalized spacial score (nSPS) is 14.7. The minimum absolute atomic E-state index is 0.237. The second kappa shape index (κ2) is 6.04. The van der Waals surface area contributed by atoms with E-state index in [0.29, 0.717) is 23.5 Å². The zero-order valence-electron chi connectivity index (χ0n) is 13.2. The van der Waals surface area contributed by atoms with Gasteiger partial charge >= 0.3 is 0 Å². The molecular weight excluding hydrogens is 328 g/mol. The monoisotopic (exact) mass is 344 g/mol. The summed E-state index contributed by atoms with van der Waals surface area (Å²) in [5.74, 6) is -0.403. The van der Waals surface area contributed by atoms with E-state index in [9.17, 15) is 13.2 Å². The largest absolute Gasteiger partial charge is 0.319 e. The first-order chi connectivity index (χ1) is 11.4. The molecule has 0 fully saturated rings. The van der Waals surface area contributed by atoms with Gasteiger partial charge in [-0.1, -0.05) is 6.07 Å². The number of aromatic nitrogens is 2. The topological polar surface area (TPSA) is 93.4 Å². The molecule has 3 heterocycles. The predicted octanol–water partition coefficient (Wildman–Crippen LogP) is 2.06. The van der Waals surface area contributed by atoms with E-state index in [2.05, 4.69) is 15.3 Å². The molecule has 0 spiro atoms. The maximum absolute atomic E-state index is 12.7. The number of nitrogens with zero attached hydrogens (tertiary/aromatic N) is 3. The van der Waals surface area contributed by atoms with Crippen molar-refractivity contribution in [1.82, 2.24) is 8.96 Å². The molecule has 0 saturated carbocycles. The maximum atomic E-state index is 12.7. The average molecular weight is 344 g/mol. The summed E-state index contributed by atoms with van der Waals surface area (Å²) >= 11 is 0. The van der Waals surface area contributed by atoms with E-state index in [0.717, 1.165) is 3.97 Å². The number of hydrogen-bond donors (Lipinski definition) is 1. The molecule has 0 saturated heterocycles. The number of amides is 1. The van der Waals surface area contributed by atoms with Gasteiger partial charge in [0.15, 0.2) is 0 Å². The molecule has 0 atom stereocenters. The second-order valence-corrected chi connectivity index (χ2v) is 7.20. The Morgan fingerprint density at radius 3 is 2.67 bits per heavy atom. The van der Waals surface area contributed by atoms with Crippen molar-refractivity contribution in [3.8, 4) is 0 Å². The molecule has 1 aliphatic heterocycles. The van der Waals surface area contributed by atoms with Crippen LogP contribution in [0, 0.1) is 0 Å².